The van der Waals surface area contributed by atoms with Gasteiger partial charge in [-0.3, -0.25) is 9.59 Å². The Morgan fingerprint density at radius 2 is 1.96 bits per heavy atom. The first-order valence-electron chi connectivity index (χ1n) is 8.49. The van der Waals surface area contributed by atoms with Crippen molar-refractivity contribution in [2.45, 2.75) is 44.1 Å². The van der Waals surface area contributed by atoms with Gasteiger partial charge in [0.15, 0.2) is 0 Å². The van der Waals surface area contributed by atoms with E-state index in [2.05, 4.69) is 5.32 Å². The van der Waals surface area contributed by atoms with E-state index in [-0.39, 0.29) is 6.42 Å². The Balaban J connectivity index is 1.58. The zero-order valence-corrected chi connectivity index (χ0v) is 13.3. The predicted molar refractivity (Wildman–Crippen MR) is 87.9 cm³/mol. The number of anilines is 1. The van der Waals surface area contributed by atoms with Gasteiger partial charge in [-0.1, -0.05) is 43.9 Å². The second-order valence-corrected chi connectivity index (χ2v) is 6.60. The second kappa shape index (κ2) is 6.71. The molecule has 1 heterocycles. The summed E-state index contributed by atoms with van der Waals surface area (Å²) in [7, 11) is 0. The van der Waals surface area contributed by atoms with Crippen molar-refractivity contribution in [3.63, 3.8) is 0 Å². The average molecular weight is 316 g/mol. The van der Waals surface area contributed by atoms with Gasteiger partial charge < -0.3 is 15.3 Å². The maximum absolute atomic E-state index is 12.5. The van der Waals surface area contributed by atoms with Gasteiger partial charge in [0.25, 0.3) is 11.8 Å². The number of rotatable bonds is 5. The normalized spacial score (nSPS) is 25.1. The van der Waals surface area contributed by atoms with E-state index in [9.17, 15) is 14.7 Å². The Kier molecular flexibility index (Phi) is 4.66. The highest BCUT2D eigenvalue weighted by Gasteiger charge is 2.51. The van der Waals surface area contributed by atoms with Crippen LogP contribution in [0, 0.1) is 5.92 Å². The maximum atomic E-state index is 12.5. The molecular formula is C18H24N2O3. The molecular weight excluding hydrogens is 292 g/mol. The van der Waals surface area contributed by atoms with Crippen LogP contribution in [0.4, 0.5) is 5.69 Å². The minimum Gasteiger partial charge on any atom is -0.372 e. The first-order valence-corrected chi connectivity index (χ1v) is 8.49. The fourth-order valence-corrected chi connectivity index (χ4v) is 3.61. The SMILES string of the molecule is O=C(NCCC1CCCC1)[C@@]1(O)CCN(c2ccccc2)C1=O. The third-order valence-electron chi connectivity index (χ3n) is 5.05. The lowest BCUT2D eigenvalue weighted by molar-refractivity contribution is -0.149. The van der Waals surface area contributed by atoms with Crippen molar-refractivity contribution in [3.8, 4) is 0 Å². The zero-order chi connectivity index (χ0) is 16.3. The van der Waals surface area contributed by atoms with Crippen LogP contribution in [0.1, 0.15) is 38.5 Å². The van der Waals surface area contributed by atoms with Crippen LogP contribution in [0.25, 0.3) is 0 Å². The Hall–Kier alpha value is -1.88. The molecule has 23 heavy (non-hydrogen) atoms. The number of para-hydroxylation sites is 1. The van der Waals surface area contributed by atoms with Gasteiger partial charge in [-0.05, 0) is 24.5 Å². The largest absolute Gasteiger partial charge is 0.372 e. The molecule has 1 atom stereocenters. The van der Waals surface area contributed by atoms with Crippen LogP contribution in [0.3, 0.4) is 0 Å². The Labute approximate surface area is 136 Å². The van der Waals surface area contributed by atoms with E-state index < -0.39 is 17.4 Å². The van der Waals surface area contributed by atoms with Crippen LogP contribution in [0.5, 0.6) is 0 Å². The van der Waals surface area contributed by atoms with Gasteiger partial charge in [-0.25, -0.2) is 0 Å². The van der Waals surface area contributed by atoms with Gasteiger partial charge in [0.2, 0.25) is 5.60 Å². The maximum Gasteiger partial charge on any atom is 0.268 e. The number of nitrogens with one attached hydrogen (secondary N) is 1. The number of carbonyl (C=O) groups excluding carboxylic acids is 2. The molecule has 2 fully saturated rings. The van der Waals surface area contributed by atoms with E-state index >= 15 is 0 Å². The molecule has 1 saturated carbocycles. The summed E-state index contributed by atoms with van der Waals surface area (Å²) >= 11 is 0. The number of aliphatic hydroxyl groups is 1. The second-order valence-electron chi connectivity index (χ2n) is 6.60. The van der Waals surface area contributed by atoms with Crippen LogP contribution in [-0.2, 0) is 9.59 Å². The molecule has 5 nitrogen and oxygen atoms in total. The van der Waals surface area contributed by atoms with Crippen molar-refractivity contribution in [2.75, 3.05) is 18.0 Å². The van der Waals surface area contributed by atoms with Crippen LogP contribution in [0.15, 0.2) is 30.3 Å². The van der Waals surface area contributed by atoms with Crippen molar-refractivity contribution < 1.29 is 14.7 Å². The summed E-state index contributed by atoms with van der Waals surface area (Å²) in [5.74, 6) is -0.411. The number of hydrogen-bond donors (Lipinski definition) is 2. The first kappa shape index (κ1) is 16.0. The van der Waals surface area contributed by atoms with Crippen LogP contribution in [0.2, 0.25) is 0 Å². The summed E-state index contributed by atoms with van der Waals surface area (Å²) in [5.41, 5.74) is -1.21. The van der Waals surface area contributed by atoms with Gasteiger partial charge in [0.05, 0.1) is 0 Å². The summed E-state index contributed by atoms with van der Waals surface area (Å²) in [6, 6.07) is 9.15. The molecule has 124 valence electrons. The minimum absolute atomic E-state index is 0.135. The van der Waals surface area contributed by atoms with Crippen molar-refractivity contribution in [2.24, 2.45) is 5.92 Å². The summed E-state index contributed by atoms with van der Waals surface area (Å²) in [5, 5.41) is 13.3. The zero-order valence-electron chi connectivity index (χ0n) is 13.3. The average Bonchev–Trinajstić information content (AvgIpc) is 3.18. The van der Waals surface area contributed by atoms with Crippen LogP contribution in [-0.4, -0.2) is 35.6 Å². The first-order chi connectivity index (χ1) is 11.1. The summed E-state index contributed by atoms with van der Waals surface area (Å²) in [6.45, 7) is 0.889. The number of benzene rings is 1. The van der Waals surface area contributed by atoms with E-state index in [4.69, 9.17) is 0 Å². The highest BCUT2D eigenvalue weighted by atomic mass is 16.3. The molecule has 2 amide bonds. The predicted octanol–water partition coefficient (Wildman–Crippen LogP) is 1.85. The van der Waals surface area contributed by atoms with Crippen LogP contribution < -0.4 is 10.2 Å². The summed E-state index contributed by atoms with van der Waals surface area (Å²) in [6.07, 6.45) is 6.05. The Morgan fingerprint density at radius 1 is 1.26 bits per heavy atom. The van der Waals surface area contributed by atoms with Crippen molar-refractivity contribution in [1.82, 2.24) is 5.32 Å². The summed E-state index contributed by atoms with van der Waals surface area (Å²) < 4.78 is 0. The molecule has 1 aromatic carbocycles. The van der Waals surface area contributed by atoms with E-state index in [0.717, 1.165) is 6.42 Å². The Morgan fingerprint density at radius 3 is 2.65 bits per heavy atom. The van der Waals surface area contributed by atoms with Gasteiger partial charge in [-0.15, -0.1) is 0 Å². The number of hydrogen-bond acceptors (Lipinski definition) is 3. The van der Waals surface area contributed by atoms with E-state index in [1.165, 1.54) is 30.6 Å². The number of amides is 2. The molecule has 3 rings (SSSR count). The molecule has 2 N–H and O–H groups in total. The molecule has 0 unspecified atom stereocenters. The molecule has 5 heteroatoms. The van der Waals surface area contributed by atoms with E-state index in [0.29, 0.717) is 24.7 Å². The molecule has 1 aliphatic heterocycles. The number of carbonyl (C=O) groups is 2. The van der Waals surface area contributed by atoms with Gasteiger partial charge >= 0.3 is 0 Å². The van der Waals surface area contributed by atoms with Crippen LogP contribution >= 0.6 is 0 Å². The molecule has 1 aromatic rings. The van der Waals surface area contributed by atoms with E-state index in [1.807, 2.05) is 30.3 Å². The fourth-order valence-electron chi connectivity index (χ4n) is 3.61. The van der Waals surface area contributed by atoms with Crippen molar-refractivity contribution >= 4 is 17.5 Å². The topological polar surface area (TPSA) is 69.6 Å². The molecule has 0 aromatic heterocycles. The van der Waals surface area contributed by atoms with Crippen molar-refractivity contribution in [3.05, 3.63) is 30.3 Å². The van der Waals surface area contributed by atoms with Gasteiger partial charge in [0.1, 0.15) is 0 Å². The Bertz CT molecular complexity index is 569. The lowest BCUT2D eigenvalue weighted by atomic mass is 10.0. The van der Waals surface area contributed by atoms with Crippen molar-refractivity contribution in [1.29, 1.82) is 0 Å². The van der Waals surface area contributed by atoms with Gasteiger partial charge in [0, 0.05) is 25.2 Å². The lowest BCUT2D eigenvalue weighted by Gasteiger charge is -2.22. The molecule has 0 spiro atoms. The molecule has 0 bridgehead atoms. The van der Waals surface area contributed by atoms with Gasteiger partial charge in [-0.2, -0.15) is 0 Å². The number of nitrogens with zero attached hydrogens (tertiary/aromatic N) is 1. The molecule has 0 radical (unpaired) electrons. The third-order valence-corrected chi connectivity index (χ3v) is 5.05. The monoisotopic (exact) mass is 316 g/mol. The van der Waals surface area contributed by atoms with E-state index in [1.54, 1.807) is 0 Å². The standard InChI is InChI=1S/C18H24N2O3/c21-16(19-12-10-14-6-4-5-7-14)18(23)11-13-20(17(18)22)15-8-2-1-3-9-15/h1-3,8-9,14,23H,4-7,10-13H2,(H,19,21)/t18-/m0/s1. The highest BCUT2D eigenvalue weighted by molar-refractivity contribution is 6.16. The lowest BCUT2D eigenvalue weighted by Crippen LogP contribution is -2.52. The fraction of sp³-hybridized carbons (Fsp3) is 0.556. The minimum atomic E-state index is -1.93. The molecule has 1 saturated heterocycles. The molecule has 1 aliphatic carbocycles. The quantitative estimate of drug-likeness (QED) is 0.815. The smallest absolute Gasteiger partial charge is 0.268 e. The third kappa shape index (κ3) is 3.24. The highest BCUT2D eigenvalue weighted by Crippen LogP contribution is 2.29. The molecule has 2 aliphatic rings. The summed E-state index contributed by atoms with van der Waals surface area (Å²) in [4.78, 5) is 26.3.